The number of nitrogens with zero attached hydrogens (tertiary/aromatic N) is 2. The number of hydrogen-bond donors (Lipinski definition) is 3. The number of nitrogens with one attached hydrogen (secondary N) is 2. The lowest BCUT2D eigenvalue weighted by Gasteiger charge is -2.25. The number of carbonyl (C=O) groups excluding carboxylic acids is 1. The van der Waals surface area contributed by atoms with Crippen molar-refractivity contribution in [3.63, 3.8) is 0 Å². The summed E-state index contributed by atoms with van der Waals surface area (Å²) in [6.07, 6.45) is 2.18. The van der Waals surface area contributed by atoms with Crippen LogP contribution in [0.5, 0.6) is 0 Å². The molecular weight excluding hydrogens is 260 g/mol. The predicted molar refractivity (Wildman–Crippen MR) is 75.5 cm³/mol. The quantitative estimate of drug-likeness (QED) is 0.767. The van der Waals surface area contributed by atoms with Gasteiger partial charge in [-0.25, -0.2) is 4.79 Å². The van der Waals surface area contributed by atoms with Crippen molar-refractivity contribution in [2.45, 2.75) is 39.7 Å². The van der Waals surface area contributed by atoms with Crippen LogP contribution in [-0.4, -0.2) is 32.9 Å². The van der Waals surface area contributed by atoms with Crippen LogP contribution in [0.4, 0.5) is 10.6 Å². The van der Waals surface area contributed by atoms with Crippen LogP contribution < -0.4 is 10.6 Å². The molecule has 0 bridgehead atoms. The lowest BCUT2D eigenvalue weighted by molar-refractivity contribution is -0.137. The van der Waals surface area contributed by atoms with E-state index in [-0.39, 0.29) is 11.8 Å². The third kappa shape index (κ3) is 6.21. The van der Waals surface area contributed by atoms with Crippen LogP contribution in [0.1, 0.15) is 33.6 Å². The number of aryl methyl sites for hydroxylation is 1. The number of amides is 2. The lowest BCUT2D eigenvalue weighted by Crippen LogP contribution is -2.41. The van der Waals surface area contributed by atoms with Crippen molar-refractivity contribution in [2.75, 3.05) is 5.32 Å². The van der Waals surface area contributed by atoms with E-state index in [4.69, 9.17) is 5.11 Å². The molecule has 1 unspecified atom stereocenters. The van der Waals surface area contributed by atoms with Crippen molar-refractivity contribution in [3.05, 3.63) is 12.3 Å². The van der Waals surface area contributed by atoms with Crippen molar-refractivity contribution in [1.29, 1.82) is 0 Å². The number of carboxylic acid groups (broad SMARTS) is 1. The topological polar surface area (TPSA) is 96.2 Å². The zero-order valence-electron chi connectivity index (χ0n) is 12.3. The third-order valence-corrected chi connectivity index (χ3v) is 2.57. The minimum atomic E-state index is -0.933. The van der Waals surface area contributed by atoms with Crippen LogP contribution in [-0.2, 0) is 11.8 Å². The zero-order valence-corrected chi connectivity index (χ0v) is 12.3. The Labute approximate surface area is 118 Å². The molecule has 0 aliphatic rings. The molecule has 0 fully saturated rings. The second-order valence-electron chi connectivity index (χ2n) is 6.03. The molecule has 0 aliphatic heterocycles. The summed E-state index contributed by atoms with van der Waals surface area (Å²) in [5.74, 6) is -0.507. The van der Waals surface area contributed by atoms with Gasteiger partial charge in [0.15, 0.2) is 5.82 Å². The van der Waals surface area contributed by atoms with Gasteiger partial charge in [-0.3, -0.25) is 14.8 Å². The van der Waals surface area contributed by atoms with Gasteiger partial charge in [-0.15, -0.1) is 0 Å². The van der Waals surface area contributed by atoms with Crippen LogP contribution in [0.3, 0.4) is 0 Å². The third-order valence-electron chi connectivity index (χ3n) is 2.57. The molecule has 1 aromatic rings. The number of carboxylic acids is 1. The van der Waals surface area contributed by atoms with Gasteiger partial charge in [-0.1, -0.05) is 20.8 Å². The van der Waals surface area contributed by atoms with E-state index >= 15 is 0 Å². The van der Waals surface area contributed by atoms with Crippen molar-refractivity contribution in [2.24, 2.45) is 12.5 Å². The highest BCUT2D eigenvalue weighted by Gasteiger charge is 2.22. The summed E-state index contributed by atoms with van der Waals surface area (Å²) in [5, 5.41) is 18.2. The summed E-state index contributed by atoms with van der Waals surface area (Å²) >= 11 is 0. The molecule has 2 amide bonds. The number of urea groups is 1. The molecular formula is C13H22N4O3. The fraction of sp³-hybridized carbons (Fsp3) is 0.615. The first-order valence-corrected chi connectivity index (χ1v) is 6.45. The van der Waals surface area contributed by atoms with Gasteiger partial charge in [0.1, 0.15) is 0 Å². The number of hydrogen-bond acceptors (Lipinski definition) is 3. The maximum atomic E-state index is 11.8. The second kappa shape index (κ2) is 6.40. The molecule has 0 aliphatic carbocycles. The minimum Gasteiger partial charge on any atom is -0.481 e. The van der Waals surface area contributed by atoms with E-state index in [1.807, 2.05) is 20.8 Å². The predicted octanol–water partition coefficient (Wildman–Crippen LogP) is 1.82. The summed E-state index contributed by atoms with van der Waals surface area (Å²) in [6, 6.07) is 0.797. The van der Waals surface area contributed by atoms with Crippen LogP contribution in [0.2, 0.25) is 0 Å². The minimum absolute atomic E-state index is 0.0710. The van der Waals surface area contributed by atoms with E-state index in [2.05, 4.69) is 15.7 Å². The first-order chi connectivity index (χ1) is 9.15. The lowest BCUT2D eigenvalue weighted by atomic mass is 9.87. The molecule has 0 aromatic carbocycles. The van der Waals surface area contributed by atoms with Crippen molar-refractivity contribution >= 4 is 17.8 Å². The normalized spacial score (nSPS) is 12.8. The van der Waals surface area contributed by atoms with Crippen LogP contribution >= 0.6 is 0 Å². The van der Waals surface area contributed by atoms with Gasteiger partial charge in [0.25, 0.3) is 0 Å². The van der Waals surface area contributed by atoms with Crippen molar-refractivity contribution in [1.82, 2.24) is 15.1 Å². The molecule has 0 saturated heterocycles. The van der Waals surface area contributed by atoms with Crippen LogP contribution in [0.25, 0.3) is 0 Å². The number of carbonyl (C=O) groups is 2. The fourth-order valence-electron chi connectivity index (χ4n) is 1.94. The Morgan fingerprint density at radius 3 is 2.55 bits per heavy atom. The molecule has 3 N–H and O–H groups in total. The van der Waals surface area contributed by atoms with Gasteiger partial charge in [0, 0.05) is 25.4 Å². The van der Waals surface area contributed by atoms with Gasteiger partial charge in [-0.2, -0.15) is 5.10 Å². The van der Waals surface area contributed by atoms with E-state index in [1.165, 1.54) is 0 Å². The van der Waals surface area contributed by atoms with Gasteiger partial charge >= 0.3 is 12.0 Å². The van der Waals surface area contributed by atoms with E-state index in [1.54, 1.807) is 24.0 Å². The van der Waals surface area contributed by atoms with Crippen LogP contribution in [0.15, 0.2) is 12.3 Å². The number of rotatable bonds is 5. The molecule has 1 aromatic heterocycles. The van der Waals surface area contributed by atoms with Crippen LogP contribution in [0, 0.1) is 5.41 Å². The molecule has 112 valence electrons. The van der Waals surface area contributed by atoms with Gasteiger partial charge < -0.3 is 10.4 Å². The molecule has 0 saturated carbocycles. The standard InChI is InChI=1S/C13H22N4O3/c1-13(2,3)8-9(7-11(18)19)14-12(20)15-10-5-6-17(4)16-10/h5-6,9H,7-8H2,1-4H3,(H,18,19)(H2,14,15,16,20). The number of aromatic nitrogens is 2. The van der Waals surface area contributed by atoms with E-state index in [9.17, 15) is 9.59 Å². The Hall–Kier alpha value is -2.05. The molecule has 7 nitrogen and oxygen atoms in total. The molecule has 7 heteroatoms. The van der Waals surface area contributed by atoms with E-state index in [0.29, 0.717) is 12.2 Å². The fourth-order valence-corrected chi connectivity index (χ4v) is 1.94. The van der Waals surface area contributed by atoms with E-state index < -0.39 is 18.0 Å². The number of anilines is 1. The Kier molecular flexibility index (Phi) is 5.12. The summed E-state index contributed by atoms with van der Waals surface area (Å²) in [5.41, 5.74) is -0.0710. The largest absolute Gasteiger partial charge is 0.481 e. The SMILES string of the molecule is Cn1ccc(NC(=O)NC(CC(=O)O)CC(C)(C)C)n1. The molecule has 1 heterocycles. The molecule has 0 radical (unpaired) electrons. The highest BCUT2D eigenvalue weighted by atomic mass is 16.4. The average Bonchev–Trinajstić information content (AvgIpc) is 2.59. The summed E-state index contributed by atoms with van der Waals surface area (Å²) in [6.45, 7) is 6.00. The monoisotopic (exact) mass is 282 g/mol. The first-order valence-electron chi connectivity index (χ1n) is 6.45. The second-order valence-corrected chi connectivity index (χ2v) is 6.03. The van der Waals surface area contributed by atoms with Crippen molar-refractivity contribution < 1.29 is 14.7 Å². The average molecular weight is 282 g/mol. The van der Waals surface area contributed by atoms with Gasteiger partial charge in [-0.05, 0) is 11.8 Å². The molecule has 0 spiro atoms. The highest BCUT2D eigenvalue weighted by Crippen LogP contribution is 2.22. The molecule has 1 rings (SSSR count). The smallest absolute Gasteiger partial charge is 0.320 e. The Morgan fingerprint density at radius 1 is 1.45 bits per heavy atom. The molecule has 20 heavy (non-hydrogen) atoms. The Balaban J connectivity index is 2.59. The first kappa shape index (κ1) is 16.0. The van der Waals surface area contributed by atoms with Gasteiger partial charge in [0.05, 0.1) is 6.42 Å². The Morgan fingerprint density at radius 2 is 2.10 bits per heavy atom. The highest BCUT2D eigenvalue weighted by molar-refractivity contribution is 5.88. The Bertz CT molecular complexity index is 476. The molecule has 1 atom stereocenters. The summed E-state index contributed by atoms with van der Waals surface area (Å²) in [7, 11) is 1.75. The van der Waals surface area contributed by atoms with E-state index in [0.717, 1.165) is 0 Å². The summed E-state index contributed by atoms with van der Waals surface area (Å²) in [4.78, 5) is 22.7. The maximum absolute atomic E-state index is 11.8. The van der Waals surface area contributed by atoms with Crippen molar-refractivity contribution in [3.8, 4) is 0 Å². The number of aliphatic carboxylic acids is 1. The maximum Gasteiger partial charge on any atom is 0.320 e. The van der Waals surface area contributed by atoms with Gasteiger partial charge in [0.2, 0.25) is 0 Å². The summed E-state index contributed by atoms with van der Waals surface area (Å²) < 4.78 is 1.57. The zero-order chi connectivity index (χ0) is 15.3.